The van der Waals surface area contributed by atoms with Crippen molar-refractivity contribution in [2.24, 2.45) is 0 Å². The lowest BCUT2D eigenvalue weighted by molar-refractivity contribution is 1.09. The molecule has 0 atom stereocenters. The number of benzene rings is 1. The van der Waals surface area contributed by atoms with Crippen molar-refractivity contribution in [3.05, 3.63) is 46.5 Å². The zero-order chi connectivity index (χ0) is 12.4. The second kappa shape index (κ2) is 4.82. The Morgan fingerprint density at radius 3 is 3.11 bits per heavy atom. The number of rotatable bonds is 4. The number of aromatic nitrogens is 2. The Hall–Kier alpha value is -1.81. The van der Waals surface area contributed by atoms with Crippen LogP contribution in [0.5, 0.6) is 0 Å². The molecule has 2 aromatic heterocycles. The molecule has 3 rings (SSSR count). The lowest BCUT2D eigenvalue weighted by Crippen LogP contribution is -1.96. The highest BCUT2D eigenvalue weighted by molar-refractivity contribution is 7.11. The highest BCUT2D eigenvalue weighted by atomic mass is 32.1. The standard InChI is InChI=1S/C14H15N3S/c1-2-14-17-9-12(18-14)8-16-11-3-4-13-10(7-11)5-6-15-13/h3-7,9,15-16H,2,8H2,1H3. The van der Waals surface area contributed by atoms with E-state index in [4.69, 9.17) is 0 Å². The summed E-state index contributed by atoms with van der Waals surface area (Å²) in [6.45, 7) is 2.98. The average molecular weight is 257 g/mol. The second-order valence-electron chi connectivity index (χ2n) is 4.21. The lowest BCUT2D eigenvalue weighted by atomic mass is 10.2. The SMILES string of the molecule is CCc1ncc(CNc2ccc3[nH]ccc3c2)s1. The number of fused-ring (bicyclic) bond motifs is 1. The van der Waals surface area contributed by atoms with Crippen LogP contribution in [0.1, 0.15) is 16.8 Å². The first-order valence-electron chi connectivity index (χ1n) is 6.10. The van der Waals surface area contributed by atoms with Crippen LogP contribution < -0.4 is 5.32 Å². The van der Waals surface area contributed by atoms with Crippen LogP contribution in [-0.4, -0.2) is 9.97 Å². The number of nitrogens with one attached hydrogen (secondary N) is 2. The monoisotopic (exact) mass is 257 g/mol. The highest BCUT2D eigenvalue weighted by Gasteiger charge is 2.01. The van der Waals surface area contributed by atoms with Crippen LogP contribution in [0.3, 0.4) is 0 Å². The molecule has 0 radical (unpaired) electrons. The molecule has 0 fully saturated rings. The molecule has 0 bridgehead atoms. The number of nitrogens with zero attached hydrogens (tertiary/aromatic N) is 1. The molecule has 0 aliphatic heterocycles. The fourth-order valence-corrected chi connectivity index (χ4v) is 2.75. The summed E-state index contributed by atoms with van der Waals surface area (Å²) in [5, 5.41) is 5.87. The molecule has 2 heterocycles. The zero-order valence-electron chi connectivity index (χ0n) is 10.2. The smallest absolute Gasteiger partial charge is 0.0925 e. The molecule has 92 valence electrons. The zero-order valence-corrected chi connectivity index (χ0v) is 11.1. The lowest BCUT2D eigenvalue weighted by Gasteiger charge is -2.04. The third-order valence-electron chi connectivity index (χ3n) is 2.92. The van der Waals surface area contributed by atoms with E-state index in [0.29, 0.717) is 0 Å². The van der Waals surface area contributed by atoms with E-state index in [2.05, 4.69) is 46.5 Å². The van der Waals surface area contributed by atoms with E-state index in [0.717, 1.165) is 18.7 Å². The minimum absolute atomic E-state index is 0.841. The molecular formula is C14H15N3S. The number of hydrogen-bond acceptors (Lipinski definition) is 3. The van der Waals surface area contributed by atoms with E-state index >= 15 is 0 Å². The molecular weight excluding hydrogens is 242 g/mol. The number of anilines is 1. The summed E-state index contributed by atoms with van der Waals surface area (Å²) >= 11 is 1.78. The van der Waals surface area contributed by atoms with Crippen molar-refractivity contribution < 1.29 is 0 Å². The van der Waals surface area contributed by atoms with Crippen molar-refractivity contribution in [1.82, 2.24) is 9.97 Å². The van der Waals surface area contributed by atoms with Gasteiger partial charge in [-0.1, -0.05) is 6.92 Å². The van der Waals surface area contributed by atoms with E-state index in [9.17, 15) is 0 Å². The minimum atomic E-state index is 0.841. The number of thiazole rings is 1. The van der Waals surface area contributed by atoms with Gasteiger partial charge in [0.25, 0.3) is 0 Å². The van der Waals surface area contributed by atoms with Gasteiger partial charge >= 0.3 is 0 Å². The summed E-state index contributed by atoms with van der Waals surface area (Å²) in [6.07, 6.45) is 4.94. The first-order valence-corrected chi connectivity index (χ1v) is 6.91. The Morgan fingerprint density at radius 2 is 2.28 bits per heavy atom. The van der Waals surface area contributed by atoms with Crippen LogP contribution in [0, 0.1) is 0 Å². The molecule has 18 heavy (non-hydrogen) atoms. The van der Waals surface area contributed by atoms with Gasteiger partial charge < -0.3 is 10.3 Å². The van der Waals surface area contributed by atoms with E-state index in [1.807, 2.05) is 12.4 Å². The number of hydrogen-bond donors (Lipinski definition) is 2. The van der Waals surface area contributed by atoms with E-state index in [1.54, 1.807) is 11.3 Å². The first-order chi connectivity index (χ1) is 8.85. The number of H-pyrrole nitrogens is 1. The maximum Gasteiger partial charge on any atom is 0.0925 e. The summed E-state index contributed by atoms with van der Waals surface area (Å²) in [5.41, 5.74) is 2.32. The van der Waals surface area contributed by atoms with Crippen LogP contribution in [0.25, 0.3) is 10.9 Å². The summed E-state index contributed by atoms with van der Waals surface area (Å²) < 4.78 is 0. The van der Waals surface area contributed by atoms with Gasteiger partial charge in [0.15, 0.2) is 0 Å². The molecule has 0 aliphatic rings. The van der Waals surface area contributed by atoms with Gasteiger partial charge in [-0.05, 0) is 30.7 Å². The Balaban J connectivity index is 1.72. The Kier molecular flexibility index (Phi) is 3.02. The van der Waals surface area contributed by atoms with Crippen molar-refractivity contribution in [1.29, 1.82) is 0 Å². The van der Waals surface area contributed by atoms with Crippen LogP contribution in [0.4, 0.5) is 5.69 Å². The summed E-state index contributed by atoms with van der Waals surface area (Å²) in [7, 11) is 0. The van der Waals surface area contributed by atoms with Gasteiger partial charge in [0.2, 0.25) is 0 Å². The second-order valence-corrected chi connectivity index (χ2v) is 5.41. The van der Waals surface area contributed by atoms with Crippen molar-refractivity contribution >= 4 is 27.9 Å². The van der Waals surface area contributed by atoms with Gasteiger partial charge in [0, 0.05) is 33.9 Å². The molecule has 0 amide bonds. The van der Waals surface area contributed by atoms with Gasteiger partial charge in [-0.15, -0.1) is 11.3 Å². The van der Waals surface area contributed by atoms with Crippen molar-refractivity contribution in [2.75, 3.05) is 5.32 Å². The molecule has 3 nitrogen and oxygen atoms in total. The molecule has 1 aromatic carbocycles. The largest absolute Gasteiger partial charge is 0.380 e. The van der Waals surface area contributed by atoms with Crippen LogP contribution in [0.15, 0.2) is 36.7 Å². The van der Waals surface area contributed by atoms with Crippen molar-refractivity contribution in [3.8, 4) is 0 Å². The van der Waals surface area contributed by atoms with Crippen molar-refractivity contribution in [3.63, 3.8) is 0 Å². The summed E-state index contributed by atoms with van der Waals surface area (Å²) in [4.78, 5) is 8.84. The third kappa shape index (κ3) is 2.24. The third-order valence-corrected chi connectivity index (χ3v) is 4.07. The normalized spacial score (nSPS) is 10.9. The minimum Gasteiger partial charge on any atom is -0.380 e. The van der Waals surface area contributed by atoms with Gasteiger partial charge in [0.1, 0.15) is 0 Å². The summed E-state index contributed by atoms with van der Waals surface area (Å²) in [6, 6.07) is 8.44. The Bertz CT molecular complexity index is 654. The topological polar surface area (TPSA) is 40.7 Å². The summed E-state index contributed by atoms with van der Waals surface area (Å²) in [5.74, 6) is 0. The van der Waals surface area contributed by atoms with Crippen LogP contribution >= 0.6 is 11.3 Å². The van der Waals surface area contributed by atoms with E-state index in [-0.39, 0.29) is 0 Å². The predicted molar refractivity (Wildman–Crippen MR) is 77.1 cm³/mol. The molecule has 4 heteroatoms. The average Bonchev–Trinajstić information content (AvgIpc) is 3.04. The number of aryl methyl sites for hydroxylation is 1. The Labute approximate surface area is 110 Å². The molecule has 0 saturated heterocycles. The molecule has 0 aliphatic carbocycles. The Morgan fingerprint density at radius 1 is 1.33 bits per heavy atom. The van der Waals surface area contributed by atoms with E-state index < -0.39 is 0 Å². The van der Waals surface area contributed by atoms with Gasteiger partial charge in [-0.2, -0.15) is 0 Å². The van der Waals surface area contributed by atoms with Crippen LogP contribution in [0.2, 0.25) is 0 Å². The van der Waals surface area contributed by atoms with Crippen molar-refractivity contribution in [2.45, 2.75) is 19.9 Å². The molecule has 0 saturated carbocycles. The number of aromatic amines is 1. The quantitative estimate of drug-likeness (QED) is 0.746. The fraction of sp³-hybridized carbons (Fsp3) is 0.214. The van der Waals surface area contributed by atoms with Gasteiger partial charge in [0.05, 0.1) is 11.6 Å². The van der Waals surface area contributed by atoms with Crippen LogP contribution in [-0.2, 0) is 13.0 Å². The molecule has 0 unspecified atom stereocenters. The van der Waals surface area contributed by atoms with E-state index in [1.165, 1.54) is 20.8 Å². The highest BCUT2D eigenvalue weighted by Crippen LogP contribution is 2.20. The maximum absolute atomic E-state index is 4.36. The predicted octanol–water partition coefficient (Wildman–Crippen LogP) is 3.80. The molecule has 2 N–H and O–H groups in total. The fourth-order valence-electron chi connectivity index (χ4n) is 1.95. The molecule has 0 spiro atoms. The first kappa shape index (κ1) is 11.3. The molecule has 3 aromatic rings. The van der Waals surface area contributed by atoms with Gasteiger partial charge in [-0.3, -0.25) is 0 Å². The van der Waals surface area contributed by atoms with Gasteiger partial charge in [-0.25, -0.2) is 4.98 Å². The maximum atomic E-state index is 4.36.